The van der Waals surface area contributed by atoms with Crippen LogP contribution in [0.5, 0.6) is 11.5 Å². The molecule has 128 valence electrons. The number of nitrogens with one attached hydrogen (secondary N) is 2. The van der Waals surface area contributed by atoms with Gasteiger partial charge in [0.1, 0.15) is 0 Å². The molecule has 2 aromatic rings. The Morgan fingerprint density at radius 3 is 2.96 bits per heavy atom. The fourth-order valence-electron chi connectivity index (χ4n) is 2.44. The van der Waals surface area contributed by atoms with E-state index in [1.807, 2.05) is 23.6 Å². The molecule has 0 saturated carbocycles. The first-order chi connectivity index (χ1) is 11.7. The van der Waals surface area contributed by atoms with E-state index in [2.05, 4.69) is 22.5 Å². The second kappa shape index (κ2) is 8.12. The Bertz CT molecular complexity index is 676. The molecule has 1 amide bonds. The van der Waals surface area contributed by atoms with E-state index in [4.69, 9.17) is 9.47 Å². The van der Waals surface area contributed by atoms with Gasteiger partial charge in [0.25, 0.3) is 0 Å². The van der Waals surface area contributed by atoms with Crippen molar-refractivity contribution in [2.75, 3.05) is 25.1 Å². The molecule has 0 aliphatic carbocycles. The maximum atomic E-state index is 11.8. The first-order valence-corrected chi connectivity index (χ1v) is 8.92. The molecule has 1 atom stereocenters. The molecular weight excluding hydrogens is 326 g/mol. The van der Waals surface area contributed by atoms with Crippen LogP contribution < -0.4 is 20.1 Å². The zero-order chi connectivity index (χ0) is 16.8. The molecular formula is C17H21N3O3S. The summed E-state index contributed by atoms with van der Waals surface area (Å²) in [7, 11) is 0. The number of fused-ring (bicyclic) bond motifs is 1. The molecule has 0 fully saturated rings. The highest BCUT2D eigenvalue weighted by Crippen LogP contribution is 2.32. The number of rotatable bonds is 6. The molecule has 0 saturated heterocycles. The first kappa shape index (κ1) is 16.7. The van der Waals surface area contributed by atoms with Crippen LogP contribution in [0, 0.1) is 0 Å². The summed E-state index contributed by atoms with van der Waals surface area (Å²) in [6.07, 6.45) is 2.96. The fraction of sp³-hybridized carbons (Fsp3) is 0.412. The highest BCUT2D eigenvalue weighted by molar-refractivity contribution is 7.13. The normalized spacial score (nSPS) is 14.7. The van der Waals surface area contributed by atoms with Crippen LogP contribution in [0.15, 0.2) is 29.8 Å². The second-order valence-corrected chi connectivity index (χ2v) is 6.46. The van der Waals surface area contributed by atoms with Gasteiger partial charge in [0, 0.05) is 37.0 Å². The summed E-state index contributed by atoms with van der Waals surface area (Å²) in [5.74, 6) is 1.55. The maximum Gasteiger partial charge on any atom is 0.227 e. The first-order valence-electron chi connectivity index (χ1n) is 8.04. The smallest absolute Gasteiger partial charge is 0.227 e. The minimum Gasteiger partial charge on any atom is -0.490 e. The van der Waals surface area contributed by atoms with Crippen LogP contribution in [0.4, 0.5) is 5.13 Å². The predicted octanol–water partition coefficient (Wildman–Crippen LogP) is 2.98. The highest BCUT2D eigenvalue weighted by atomic mass is 32.1. The van der Waals surface area contributed by atoms with E-state index in [1.165, 1.54) is 11.3 Å². The summed E-state index contributed by atoms with van der Waals surface area (Å²) in [6.45, 7) is 4.02. The van der Waals surface area contributed by atoms with Gasteiger partial charge in [-0.15, -0.1) is 11.3 Å². The SMILES string of the molecule is CC(NCCC(=O)Nc1nccs1)c1ccc2c(c1)OCCCO2. The number of thiazole rings is 1. The number of amides is 1. The average molecular weight is 347 g/mol. The van der Waals surface area contributed by atoms with E-state index < -0.39 is 0 Å². The van der Waals surface area contributed by atoms with Gasteiger partial charge in [0.2, 0.25) is 5.91 Å². The van der Waals surface area contributed by atoms with E-state index >= 15 is 0 Å². The molecule has 7 heteroatoms. The van der Waals surface area contributed by atoms with Crippen molar-refractivity contribution in [3.05, 3.63) is 35.3 Å². The molecule has 1 aromatic carbocycles. The van der Waals surface area contributed by atoms with Crippen molar-refractivity contribution in [1.29, 1.82) is 0 Å². The number of nitrogens with zero attached hydrogens (tertiary/aromatic N) is 1. The molecule has 1 aliphatic rings. The number of hydrogen-bond acceptors (Lipinski definition) is 6. The Balaban J connectivity index is 1.49. The molecule has 1 aliphatic heterocycles. The van der Waals surface area contributed by atoms with Crippen LogP contribution >= 0.6 is 11.3 Å². The summed E-state index contributed by atoms with van der Waals surface area (Å²) in [6, 6.07) is 6.10. The van der Waals surface area contributed by atoms with Gasteiger partial charge in [0.15, 0.2) is 16.6 Å². The van der Waals surface area contributed by atoms with Crippen molar-refractivity contribution in [2.45, 2.75) is 25.8 Å². The topological polar surface area (TPSA) is 72.5 Å². The number of carbonyl (C=O) groups is 1. The van der Waals surface area contributed by atoms with Crippen molar-refractivity contribution in [2.24, 2.45) is 0 Å². The summed E-state index contributed by atoms with van der Waals surface area (Å²) in [5, 5.41) is 8.60. The fourth-order valence-corrected chi connectivity index (χ4v) is 2.98. The van der Waals surface area contributed by atoms with Gasteiger partial charge in [-0.25, -0.2) is 4.98 Å². The number of benzene rings is 1. The Morgan fingerprint density at radius 2 is 2.17 bits per heavy atom. The lowest BCUT2D eigenvalue weighted by molar-refractivity contribution is -0.116. The number of ether oxygens (including phenoxy) is 2. The van der Waals surface area contributed by atoms with Gasteiger partial charge in [-0.2, -0.15) is 0 Å². The minimum absolute atomic E-state index is 0.0386. The molecule has 2 heterocycles. The molecule has 1 aromatic heterocycles. The van der Waals surface area contributed by atoms with Crippen LogP contribution in [0.1, 0.15) is 31.4 Å². The lowest BCUT2D eigenvalue weighted by Gasteiger charge is -2.16. The number of hydrogen-bond donors (Lipinski definition) is 2. The summed E-state index contributed by atoms with van der Waals surface area (Å²) in [4.78, 5) is 15.9. The third kappa shape index (κ3) is 4.46. The number of carbonyl (C=O) groups excluding carboxylic acids is 1. The third-order valence-corrected chi connectivity index (χ3v) is 4.44. The largest absolute Gasteiger partial charge is 0.490 e. The molecule has 0 bridgehead atoms. The van der Waals surface area contributed by atoms with Gasteiger partial charge in [-0.05, 0) is 24.6 Å². The van der Waals surface area contributed by atoms with Gasteiger partial charge < -0.3 is 20.1 Å². The van der Waals surface area contributed by atoms with Crippen molar-refractivity contribution < 1.29 is 14.3 Å². The van der Waals surface area contributed by atoms with Crippen molar-refractivity contribution in [3.63, 3.8) is 0 Å². The Morgan fingerprint density at radius 1 is 1.33 bits per heavy atom. The average Bonchev–Trinajstić information content (AvgIpc) is 2.96. The minimum atomic E-state index is -0.0386. The van der Waals surface area contributed by atoms with Crippen molar-refractivity contribution in [1.82, 2.24) is 10.3 Å². The molecule has 3 rings (SSSR count). The van der Waals surface area contributed by atoms with Gasteiger partial charge in [0.05, 0.1) is 13.2 Å². The standard InChI is InChI=1S/C17H21N3O3S/c1-12(18-6-5-16(21)20-17-19-7-10-24-17)13-3-4-14-15(11-13)23-9-2-8-22-14/h3-4,7,10-12,18H,2,5-6,8-9H2,1H3,(H,19,20,21). The zero-order valence-electron chi connectivity index (χ0n) is 13.6. The molecule has 2 N–H and O–H groups in total. The molecule has 24 heavy (non-hydrogen) atoms. The molecule has 0 spiro atoms. The van der Waals surface area contributed by atoms with E-state index in [9.17, 15) is 4.79 Å². The maximum absolute atomic E-state index is 11.8. The van der Waals surface area contributed by atoms with Crippen LogP contribution in [0.2, 0.25) is 0 Å². The van der Waals surface area contributed by atoms with Gasteiger partial charge in [-0.1, -0.05) is 6.07 Å². The highest BCUT2D eigenvalue weighted by Gasteiger charge is 2.14. The number of anilines is 1. The number of aromatic nitrogens is 1. The van der Waals surface area contributed by atoms with Gasteiger partial charge >= 0.3 is 0 Å². The Kier molecular flexibility index (Phi) is 5.66. The summed E-state index contributed by atoms with van der Waals surface area (Å²) >= 11 is 1.41. The zero-order valence-corrected chi connectivity index (χ0v) is 14.4. The second-order valence-electron chi connectivity index (χ2n) is 5.57. The summed E-state index contributed by atoms with van der Waals surface area (Å²) in [5.41, 5.74) is 1.11. The monoisotopic (exact) mass is 347 g/mol. The van der Waals surface area contributed by atoms with Crippen LogP contribution in [0.3, 0.4) is 0 Å². The van der Waals surface area contributed by atoms with Gasteiger partial charge in [-0.3, -0.25) is 4.79 Å². The van der Waals surface area contributed by atoms with E-state index in [1.54, 1.807) is 6.20 Å². The summed E-state index contributed by atoms with van der Waals surface area (Å²) < 4.78 is 11.4. The third-order valence-electron chi connectivity index (χ3n) is 3.75. The molecule has 0 radical (unpaired) electrons. The van der Waals surface area contributed by atoms with E-state index in [0.29, 0.717) is 31.3 Å². The van der Waals surface area contributed by atoms with Crippen molar-refractivity contribution in [3.8, 4) is 11.5 Å². The predicted molar refractivity (Wildman–Crippen MR) is 93.8 cm³/mol. The van der Waals surface area contributed by atoms with Crippen LogP contribution in [-0.4, -0.2) is 30.6 Å². The molecule has 1 unspecified atom stereocenters. The Hall–Kier alpha value is -2.12. The van der Waals surface area contributed by atoms with Crippen LogP contribution in [-0.2, 0) is 4.79 Å². The van der Waals surface area contributed by atoms with E-state index in [0.717, 1.165) is 23.5 Å². The quantitative estimate of drug-likeness (QED) is 0.840. The Labute approximate surface area is 145 Å². The van der Waals surface area contributed by atoms with Crippen molar-refractivity contribution >= 4 is 22.4 Å². The lowest BCUT2D eigenvalue weighted by atomic mass is 10.1. The molecule has 6 nitrogen and oxygen atoms in total. The lowest BCUT2D eigenvalue weighted by Crippen LogP contribution is -2.24. The van der Waals surface area contributed by atoms with E-state index in [-0.39, 0.29) is 11.9 Å². The van der Waals surface area contributed by atoms with Crippen LogP contribution in [0.25, 0.3) is 0 Å².